The van der Waals surface area contributed by atoms with Gasteiger partial charge in [0.05, 0.1) is 12.7 Å². The van der Waals surface area contributed by atoms with Crippen LogP contribution in [-0.2, 0) is 9.53 Å². The topological polar surface area (TPSA) is 53.6 Å². The first-order valence-corrected chi connectivity index (χ1v) is 7.50. The van der Waals surface area contributed by atoms with Gasteiger partial charge in [-0.1, -0.05) is 18.2 Å². The van der Waals surface area contributed by atoms with Gasteiger partial charge < -0.3 is 20.3 Å². The van der Waals surface area contributed by atoms with Crippen molar-refractivity contribution in [2.45, 2.75) is 32.0 Å². The van der Waals surface area contributed by atoms with Crippen LogP contribution in [0.5, 0.6) is 0 Å². The Labute approximate surface area is 151 Å². The van der Waals surface area contributed by atoms with Crippen molar-refractivity contribution >= 4 is 36.4 Å². The number of hydrogen-bond donors (Lipinski definition) is 2. The number of nitrogens with zero attached hydrogens (tertiary/aromatic N) is 1. The van der Waals surface area contributed by atoms with Crippen LogP contribution in [0.25, 0.3) is 0 Å². The Balaban J connectivity index is 0.00000242. The van der Waals surface area contributed by atoms with Crippen LogP contribution in [0.4, 0.5) is 5.69 Å². The third kappa shape index (κ3) is 6.18. The summed E-state index contributed by atoms with van der Waals surface area (Å²) >= 11 is 0. The first-order valence-electron chi connectivity index (χ1n) is 7.50. The zero-order valence-electron chi connectivity index (χ0n) is 13.8. The second kappa shape index (κ2) is 10.7. The molecule has 0 aliphatic carbocycles. The summed E-state index contributed by atoms with van der Waals surface area (Å²) in [5.41, 5.74) is 1.15. The number of para-hydroxylation sites is 1. The number of morpholine rings is 1. The fourth-order valence-electron chi connectivity index (χ4n) is 2.44. The van der Waals surface area contributed by atoms with Gasteiger partial charge in [0.25, 0.3) is 0 Å². The molecule has 1 aromatic rings. The molecule has 1 unspecified atom stereocenters. The van der Waals surface area contributed by atoms with Crippen LogP contribution in [0.3, 0.4) is 0 Å². The largest absolute Gasteiger partial charge is 0.375 e. The zero-order chi connectivity index (χ0) is 15.2. The highest BCUT2D eigenvalue weighted by Gasteiger charge is 2.28. The van der Waals surface area contributed by atoms with Crippen LogP contribution in [0, 0.1) is 0 Å². The second-order valence-corrected chi connectivity index (χ2v) is 5.55. The van der Waals surface area contributed by atoms with Crippen LogP contribution < -0.4 is 15.5 Å². The highest BCUT2D eigenvalue weighted by molar-refractivity contribution is 5.85. The second-order valence-electron chi connectivity index (χ2n) is 5.55. The van der Waals surface area contributed by atoms with Crippen molar-refractivity contribution < 1.29 is 9.53 Å². The van der Waals surface area contributed by atoms with Gasteiger partial charge in [0.15, 0.2) is 0 Å². The van der Waals surface area contributed by atoms with Gasteiger partial charge in [0.2, 0.25) is 5.91 Å². The Kier molecular flexibility index (Phi) is 10.2. The molecule has 2 N–H and O–H groups in total. The standard InChI is InChI=1S/C16H25N3O2.2ClH/c1-12(19(3)14-7-5-4-6-8-14)11-18-16(20)15-13(2)21-10-9-17-15;;/h4-8,12-13,15,17H,9-11H2,1-3H3,(H,18,20);2*1H/t12?,13-,15+;;/m1../s1. The van der Waals surface area contributed by atoms with Gasteiger partial charge in [0, 0.05) is 31.9 Å². The molecule has 1 saturated heterocycles. The molecule has 23 heavy (non-hydrogen) atoms. The van der Waals surface area contributed by atoms with E-state index >= 15 is 0 Å². The normalized spacial score (nSPS) is 21.3. The molecule has 5 nitrogen and oxygen atoms in total. The fourth-order valence-corrected chi connectivity index (χ4v) is 2.44. The summed E-state index contributed by atoms with van der Waals surface area (Å²) in [6.45, 7) is 6.02. The molecule has 0 spiro atoms. The molecule has 0 radical (unpaired) electrons. The molecule has 0 bridgehead atoms. The van der Waals surface area contributed by atoms with E-state index in [2.05, 4.69) is 34.6 Å². The van der Waals surface area contributed by atoms with Crippen LogP contribution in [0.2, 0.25) is 0 Å². The summed E-state index contributed by atoms with van der Waals surface area (Å²) < 4.78 is 5.50. The molecule has 1 fully saturated rings. The van der Waals surface area contributed by atoms with E-state index in [0.717, 1.165) is 12.2 Å². The molecule has 1 aromatic carbocycles. The van der Waals surface area contributed by atoms with Gasteiger partial charge in [-0.3, -0.25) is 4.79 Å². The molecule has 132 valence electrons. The summed E-state index contributed by atoms with van der Waals surface area (Å²) in [5, 5.41) is 6.21. The Morgan fingerprint density at radius 2 is 2.04 bits per heavy atom. The molecule has 0 aromatic heterocycles. The lowest BCUT2D eigenvalue weighted by Crippen LogP contribution is -2.56. The number of rotatable bonds is 5. The lowest BCUT2D eigenvalue weighted by Gasteiger charge is -2.31. The average molecular weight is 364 g/mol. The number of nitrogens with one attached hydrogen (secondary N) is 2. The van der Waals surface area contributed by atoms with Crippen molar-refractivity contribution in [1.82, 2.24) is 10.6 Å². The highest BCUT2D eigenvalue weighted by Crippen LogP contribution is 2.13. The maximum absolute atomic E-state index is 12.2. The Morgan fingerprint density at radius 3 is 2.65 bits per heavy atom. The first-order chi connectivity index (χ1) is 10.1. The van der Waals surface area contributed by atoms with Gasteiger partial charge in [0.1, 0.15) is 6.04 Å². The molecule has 3 atom stereocenters. The maximum atomic E-state index is 12.2. The summed E-state index contributed by atoms with van der Waals surface area (Å²) in [6, 6.07) is 10.1. The predicted molar refractivity (Wildman–Crippen MR) is 99.0 cm³/mol. The quantitative estimate of drug-likeness (QED) is 0.837. The Bertz CT molecular complexity index is 462. The van der Waals surface area contributed by atoms with Crippen molar-refractivity contribution in [1.29, 1.82) is 0 Å². The smallest absolute Gasteiger partial charge is 0.239 e. The van der Waals surface area contributed by atoms with Crippen molar-refractivity contribution in [3.63, 3.8) is 0 Å². The monoisotopic (exact) mass is 363 g/mol. The number of amides is 1. The van der Waals surface area contributed by atoms with E-state index in [1.165, 1.54) is 0 Å². The van der Waals surface area contributed by atoms with Gasteiger partial charge in [-0.15, -0.1) is 24.8 Å². The van der Waals surface area contributed by atoms with E-state index in [1.807, 2.05) is 32.2 Å². The van der Waals surface area contributed by atoms with Crippen molar-refractivity contribution in [3.8, 4) is 0 Å². The number of likely N-dealkylation sites (N-methyl/N-ethyl adjacent to an activating group) is 1. The van der Waals surface area contributed by atoms with Crippen molar-refractivity contribution in [2.24, 2.45) is 0 Å². The lowest BCUT2D eigenvalue weighted by atomic mass is 10.1. The van der Waals surface area contributed by atoms with Gasteiger partial charge in [-0.25, -0.2) is 0 Å². The third-order valence-electron chi connectivity index (χ3n) is 4.00. The van der Waals surface area contributed by atoms with Gasteiger partial charge in [-0.2, -0.15) is 0 Å². The molecular weight excluding hydrogens is 337 g/mol. The predicted octanol–water partition coefficient (Wildman–Crippen LogP) is 1.85. The van der Waals surface area contributed by atoms with Crippen LogP contribution >= 0.6 is 24.8 Å². The minimum absolute atomic E-state index is 0. The summed E-state index contributed by atoms with van der Waals surface area (Å²) in [6.07, 6.45) is -0.0825. The number of ether oxygens (including phenoxy) is 1. The molecule has 1 aliphatic rings. The number of hydrogen-bond acceptors (Lipinski definition) is 4. The van der Waals surface area contributed by atoms with E-state index in [-0.39, 0.29) is 48.9 Å². The van der Waals surface area contributed by atoms with Crippen LogP contribution in [-0.4, -0.2) is 50.8 Å². The fraction of sp³-hybridized carbons (Fsp3) is 0.562. The molecule has 0 saturated carbocycles. The SMILES string of the molecule is CC(CNC(=O)[C@H]1NCCO[C@@H]1C)N(C)c1ccccc1.Cl.Cl. The third-order valence-corrected chi connectivity index (χ3v) is 4.00. The zero-order valence-corrected chi connectivity index (χ0v) is 15.5. The Hall–Kier alpha value is -1.01. The number of carbonyl (C=O) groups excluding carboxylic acids is 1. The van der Waals surface area contributed by atoms with Crippen LogP contribution in [0.15, 0.2) is 30.3 Å². The van der Waals surface area contributed by atoms with Crippen LogP contribution in [0.1, 0.15) is 13.8 Å². The van der Waals surface area contributed by atoms with Gasteiger partial charge in [-0.05, 0) is 26.0 Å². The van der Waals surface area contributed by atoms with E-state index in [9.17, 15) is 4.79 Å². The maximum Gasteiger partial charge on any atom is 0.239 e. The average Bonchev–Trinajstić information content (AvgIpc) is 2.52. The first kappa shape index (κ1) is 22.0. The number of halogens is 2. The number of carbonyl (C=O) groups is 1. The van der Waals surface area contributed by atoms with Crippen molar-refractivity contribution in [2.75, 3.05) is 31.6 Å². The molecule has 1 amide bonds. The van der Waals surface area contributed by atoms with E-state index in [0.29, 0.717) is 13.2 Å². The van der Waals surface area contributed by atoms with E-state index < -0.39 is 0 Å². The minimum atomic E-state index is -0.256. The molecule has 1 aliphatic heterocycles. The number of benzene rings is 1. The van der Waals surface area contributed by atoms with E-state index in [4.69, 9.17) is 4.74 Å². The summed E-state index contributed by atoms with van der Waals surface area (Å²) in [7, 11) is 2.04. The van der Waals surface area contributed by atoms with Crippen molar-refractivity contribution in [3.05, 3.63) is 30.3 Å². The number of anilines is 1. The molecule has 7 heteroatoms. The van der Waals surface area contributed by atoms with Gasteiger partial charge >= 0.3 is 0 Å². The molecule has 2 rings (SSSR count). The summed E-state index contributed by atoms with van der Waals surface area (Å²) in [5.74, 6) is 0.00973. The molecular formula is C16H27Cl2N3O2. The summed E-state index contributed by atoms with van der Waals surface area (Å²) in [4.78, 5) is 14.4. The highest BCUT2D eigenvalue weighted by atomic mass is 35.5. The van der Waals surface area contributed by atoms with E-state index in [1.54, 1.807) is 0 Å². The minimum Gasteiger partial charge on any atom is -0.375 e. The molecule has 1 heterocycles. The Morgan fingerprint density at radius 1 is 1.39 bits per heavy atom. The lowest BCUT2D eigenvalue weighted by molar-refractivity contribution is -0.128.